The maximum atomic E-state index is 5.35. The first kappa shape index (κ1) is 13.4. The van der Waals surface area contributed by atoms with E-state index in [1.54, 1.807) is 0 Å². The summed E-state index contributed by atoms with van der Waals surface area (Å²) in [6.07, 6.45) is 2.19. The van der Waals surface area contributed by atoms with Gasteiger partial charge in [-0.2, -0.15) is 4.98 Å². The van der Waals surface area contributed by atoms with Crippen molar-refractivity contribution in [2.24, 2.45) is 0 Å². The van der Waals surface area contributed by atoms with Crippen molar-refractivity contribution in [3.05, 3.63) is 16.7 Å². The highest BCUT2D eigenvalue weighted by atomic mass is 32.1. The summed E-state index contributed by atoms with van der Waals surface area (Å²) in [4.78, 5) is 6.66. The van der Waals surface area contributed by atoms with E-state index in [0.29, 0.717) is 17.7 Å². The van der Waals surface area contributed by atoms with Gasteiger partial charge >= 0.3 is 0 Å². The molecule has 0 spiro atoms. The van der Waals surface area contributed by atoms with E-state index in [2.05, 4.69) is 25.2 Å². The average molecular weight is 295 g/mol. The average Bonchev–Trinajstić information content (AvgIpc) is 3.12. The van der Waals surface area contributed by atoms with E-state index in [4.69, 9.17) is 9.26 Å². The van der Waals surface area contributed by atoms with E-state index in [9.17, 15) is 0 Å². The summed E-state index contributed by atoms with van der Waals surface area (Å²) in [7, 11) is 0. The number of hydrogen-bond donors (Lipinski definition) is 0. The second-order valence-electron chi connectivity index (χ2n) is 4.69. The Kier molecular flexibility index (Phi) is 3.93. The molecular formula is C12H17N5O2S. The maximum Gasteiger partial charge on any atom is 0.294 e. The van der Waals surface area contributed by atoms with Crippen molar-refractivity contribution in [3.63, 3.8) is 0 Å². The predicted molar refractivity (Wildman–Crippen MR) is 72.5 cm³/mol. The van der Waals surface area contributed by atoms with Gasteiger partial charge in [0.2, 0.25) is 5.89 Å². The molecule has 0 saturated carbocycles. The molecule has 0 amide bonds. The zero-order chi connectivity index (χ0) is 13.9. The van der Waals surface area contributed by atoms with Crippen LogP contribution in [0, 0.1) is 6.92 Å². The zero-order valence-electron chi connectivity index (χ0n) is 11.6. The van der Waals surface area contributed by atoms with Gasteiger partial charge in [0.25, 0.3) is 5.19 Å². The summed E-state index contributed by atoms with van der Waals surface area (Å²) >= 11 is 1.50. The summed E-state index contributed by atoms with van der Waals surface area (Å²) in [6.45, 7) is 6.14. The van der Waals surface area contributed by atoms with Gasteiger partial charge in [-0.1, -0.05) is 16.5 Å². The summed E-state index contributed by atoms with van der Waals surface area (Å²) in [5, 5.41) is 13.8. The highest BCUT2D eigenvalue weighted by Crippen LogP contribution is 2.32. The minimum Gasteiger partial charge on any atom is -0.469 e. The fourth-order valence-corrected chi connectivity index (χ4v) is 3.19. The topological polar surface area (TPSA) is 77.2 Å². The van der Waals surface area contributed by atoms with Gasteiger partial charge in [0.05, 0.1) is 19.2 Å². The van der Waals surface area contributed by atoms with E-state index in [1.807, 2.05) is 13.8 Å². The first-order chi connectivity index (χ1) is 9.76. The lowest BCUT2D eigenvalue weighted by molar-refractivity contribution is 0.233. The SMILES string of the molecule is CCOc1nnc(CN2CCCC2c2noc(C)n2)s1. The molecular weight excluding hydrogens is 278 g/mol. The molecule has 0 aliphatic carbocycles. The minimum atomic E-state index is 0.215. The van der Waals surface area contributed by atoms with Crippen molar-refractivity contribution >= 4 is 11.3 Å². The number of nitrogens with zero attached hydrogens (tertiary/aromatic N) is 5. The molecule has 7 nitrogen and oxygen atoms in total. The first-order valence-electron chi connectivity index (χ1n) is 6.75. The van der Waals surface area contributed by atoms with Crippen LogP contribution in [0.15, 0.2) is 4.52 Å². The Hall–Kier alpha value is -1.54. The molecule has 2 aromatic rings. The van der Waals surface area contributed by atoms with Crippen LogP contribution < -0.4 is 4.74 Å². The standard InChI is InChI=1S/C12H17N5O2S/c1-3-18-12-15-14-10(20-12)7-17-6-4-5-9(17)11-13-8(2)19-16-11/h9H,3-7H2,1-2H3. The normalized spacial score (nSPS) is 19.6. The number of hydrogen-bond acceptors (Lipinski definition) is 8. The Morgan fingerprint density at radius 1 is 1.45 bits per heavy atom. The van der Waals surface area contributed by atoms with Gasteiger partial charge in [-0.25, -0.2) is 0 Å². The molecule has 1 fully saturated rings. The Morgan fingerprint density at radius 3 is 3.10 bits per heavy atom. The van der Waals surface area contributed by atoms with Gasteiger partial charge < -0.3 is 9.26 Å². The summed E-state index contributed by atoms with van der Waals surface area (Å²) in [5.74, 6) is 1.39. The van der Waals surface area contributed by atoms with Crippen molar-refractivity contribution in [1.82, 2.24) is 25.2 Å². The largest absolute Gasteiger partial charge is 0.469 e. The van der Waals surface area contributed by atoms with Crippen LogP contribution in [0.4, 0.5) is 0 Å². The van der Waals surface area contributed by atoms with Crippen LogP contribution in [0.3, 0.4) is 0 Å². The van der Waals surface area contributed by atoms with Gasteiger partial charge in [-0.05, 0) is 26.3 Å². The molecule has 1 unspecified atom stereocenters. The second kappa shape index (κ2) is 5.84. The minimum absolute atomic E-state index is 0.215. The Labute approximate surface area is 121 Å². The third kappa shape index (κ3) is 2.80. The lowest BCUT2D eigenvalue weighted by Gasteiger charge is -2.19. The monoisotopic (exact) mass is 295 g/mol. The Balaban J connectivity index is 1.69. The van der Waals surface area contributed by atoms with Gasteiger partial charge in [0.1, 0.15) is 5.01 Å². The van der Waals surface area contributed by atoms with Crippen LogP contribution in [-0.2, 0) is 6.54 Å². The zero-order valence-corrected chi connectivity index (χ0v) is 12.4. The quantitative estimate of drug-likeness (QED) is 0.834. The molecule has 1 aliphatic rings. The molecule has 0 radical (unpaired) electrons. The third-order valence-electron chi connectivity index (χ3n) is 3.26. The van der Waals surface area contributed by atoms with E-state index < -0.39 is 0 Å². The van der Waals surface area contributed by atoms with E-state index in [-0.39, 0.29) is 6.04 Å². The van der Waals surface area contributed by atoms with Crippen molar-refractivity contribution in [1.29, 1.82) is 0 Å². The van der Waals surface area contributed by atoms with Gasteiger partial charge in [-0.15, -0.1) is 10.2 Å². The molecule has 3 heterocycles. The molecule has 0 aromatic carbocycles. The highest BCUT2D eigenvalue weighted by Gasteiger charge is 2.30. The van der Waals surface area contributed by atoms with E-state index in [0.717, 1.165) is 36.8 Å². The van der Waals surface area contributed by atoms with Crippen LogP contribution in [-0.4, -0.2) is 38.4 Å². The van der Waals surface area contributed by atoms with Crippen LogP contribution in [0.1, 0.15) is 42.5 Å². The van der Waals surface area contributed by atoms with E-state index >= 15 is 0 Å². The van der Waals surface area contributed by atoms with Crippen LogP contribution in [0.5, 0.6) is 5.19 Å². The lowest BCUT2D eigenvalue weighted by atomic mass is 10.2. The molecule has 108 valence electrons. The van der Waals surface area contributed by atoms with Crippen molar-refractivity contribution in [2.75, 3.05) is 13.2 Å². The molecule has 1 aliphatic heterocycles. The molecule has 3 rings (SSSR count). The van der Waals surface area contributed by atoms with Crippen LogP contribution in [0.25, 0.3) is 0 Å². The molecule has 0 N–H and O–H groups in total. The number of aryl methyl sites for hydroxylation is 1. The van der Waals surface area contributed by atoms with Crippen LogP contribution >= 0.6 is 11.3 Å². The summed E-state index contributed by atoms with van der Waals surface area (Å²) in [5.41, 5.74) is 0. The maximum absolute atomic E-state index is 5.35. The van der Waals surface area contributed by atoms with Gasteiger partial charge in [0.15, 0.2) is 5.82 Å². The molecule has 20 heavy (non-hydrogen) atoms. The molecule has 1 atom stereocenters. The van der Waals surface area contributed by atoms with Crippen molar-refractivity contribution in [2.45, 2.75) is 39.3 Å². The van der Waals surface area contributed by atoms with Gasteiger partial charge in [0, 0.05) is 6.92 Å². The van der Waals surface area contributed by atoms with Gasteiger partial charge in [-0.3, -0.25) is 4.90 Å². The molecule has 1 saturated heterocycles. The lowest BCUT2D eigenvalue weighted by Crippen LogP contribution is -2.23. The fraction of sp³-hybridized carbons (Fsp3) is 0.667. The van der Waals surface area contributed by atoms with E-state index in [1.165, 1.54) is 11.3 Å². The highest BCUT2D eigenvalue weighted by molar-refractivity contribution is 7.13. The second-order valence-corrected chi connectivity index (χ2v) is 5.72. The number of ether oxygens (including phenoxy) is 1. The third-order valence-corrected chi connectivity index (χ3v) is 4.08. The molecule has 8 heteroatoms. The number of aromatic nitrogens is 4. The molecule has 0 bridgehead atoms. The van der Waals surface area contributed by atoms with Crippen LogP contribution in [0.2, 0.25) is 0 Å². The van der Waals surface area contributed by atoms with Crippen molar-refractivity contribution < 1.29 is 9.26 Å². The molecule has 2 aromatic heterocycles. The summed E-state index contributed by atoms with van der Waals surface area (Å²) in [6, 6.07) is 0.215. The number of rotatable bonds is 5. The predicted octanol–water partition coefficient (Wildman–Crippen LogP) is 1.97. The van der Waals surface area contributed by atoms with Crippen molar-refractivity contribution in [3.8, 4) is 5.19 Å². The first-order valence-corrected chi connectivity index (χ1v) is 7.57. The Bertz CT molecular complexity index is 570. The number of likely N-dealkylation sites (tertiary alicyclic amines) is 1. The summed E-state index contributed by atoms with van der Waals surface area (Å²) < 4.78 is 10.4. The smallest absolute Gasteiger partial charge is 0.294 e. The Morgan fingerprint density at radius 2 is 2.35 bits per heavy atom. The fourth-order valence-electron chi connectivity index (χ4n) is 2.42.